The molecule has 0 amide bonds. The molecule has 2 aromatic rings. The molecular formula is C25H34N4O3. The molecule has 0 atom stereocenters. The number of anilines is 1. The number of aromatic nitrogens is 1. The van der Waals surface area contributed by atoms with Gasteiger partial charge in [-0.25, -0.2) is 0 Å². The number of rotatable bonds is 6. The molecule has 7 heteroatoms. The van der Waals surface area contributed by atoms with Crippen molar-refractivity contribution in [2.45, 2.75) is 19.9 Å². The zero-order valence-electron chi connectivity index (χ0n) is 19.9. The van der Waals surface area contributed by atoms with Crippen molar-refractivity contribution in [1.29, 1.82) is 0 Å². The number of nitrogen functional groups attached to an aromatic ring is 1. The van der Waals surface area contributed by atoms with Gasteiger partial charge in [-0.1, -0.05) is 18.7 Å². The van der Waals surface area contributed by atoms with Crippen molar-refractivity contribution in [1.82, 2.24) is 9.47 Å². The quantitative estimate of drug-likeness (QED) is 0.362. The molecule has 0 spiro atoms. The van der Waals surface area contributed by atoms with Gasteiger partial charge in [-0.3, -0.25) is 9.79 Å². The van der Waals surface area contributed by atoms with Gasteiger partial charge in [0.15, 0.2) is 0 Å². The highest BCUT2D eigenvalue weighted by molar-refractivity contribution is 5.90. The van der Waals surface area contributed by atoms with E-state index in [1.807, 2.05) is 50.0 Å². The lowest BCUT2D eigenvalue weighted by molar-refractivity contribution is 0.277. The Hall–Kier alpha value is -3.16. The smallest absolute Gasteiger partial charge is 0.258 e. The number of hydrogen-bond acceptors (Lipinski definition) is 6. The van der Waals surface area contributed by atoms with E-state index in [4.69, 9.17) is 10.5 Å². The van der Waals surface area contributed by atoms with Crippen LogP contribution in [-0.4, -0.2) is 57.7 Å². The number of para-hydroxylation sites is 1. The standard InChI is InChI=1S/C23H28N4O2.C2H6O/c1-15(29-5)9-10-18-16(2)19-14-25-22-17(7-6-8-20(22)24)13-21(19)27(23(18)28)12-11-26(3)4;1-3-2/h6-10,14H,1,11-13,24H2,2-5H3;1-2H3/b10-9-;. The predicted molar refractivity (Wildman–Crippen MR) is 133 cm³/mol. The van der Waals surface area contributed by atoms with Crippen LogP contribution in [0.3, 0.4) is 0 Å². The van der Waals surface area contributed by atoms with Crippen molar-refractivity contribution in [2.75, 3.05) is 47.7 Å². The van der Waals surface area contributed by atoms with Crippen molar-refractivity contribution < 1.29 is 9.47 Å². The van der Waals surface area contributed by atoms with E-state index < -0.39 is 0 Å². The first-order valence-electron chi connectivity index (χ1n) is 10.4. The van der Waals surface area contributed by atoms with Gasteiger partial charge in [0.05, 0.1) is 18.5 Å². The van der Waals surface area contributed by atoms with Crippen LogP contribution < -0.4 is 11.3 Å². The zero-order chi connectivity index (χ0) is 23.8. The summed E-state index contributed by atoms with van der Waals surface area (Å²) in [5.74, 6) is 0.493. The molecule has 7 nitrogen and oxygen atoms in total. The third kappa shape index (κ3) is 5.75. The van der Waals surface area contributed by atoms with E-state index in [-0.39, 0.29) is 5.56 Å². The maximum Gasteiger partial charge on any atom is 0.258 e. The number of allylic oxidation sites excluding steroid dienone is 1. The topological polar surface area (TPSA) is 82.1 Å². The molecule has 0 saturated heterocycles. The Morgan fingerprint density at radius 3 is 2.62 bits per heavy atom. The monoisotopic (exact) mass is 438 g/mol. The molecule has 0 aliphatic carbocycles. The number of benzene rings is 1. The number of nitrogens with zero attached hydrogens (tertiary/aromatic N) is 3. The molecule has 32 heavy (non-hydrogen) atoms. The fourth-order valence-corrected chi connectivity index (χ4v) is 3.50. The summed E-state index contributed by atoms with van der Waals surface area (Å²) in [6, 6.07) is 5.80. The van der Waals surface area contributed by atoms with Gasteiger partial charge in [0.2, 0.25) is 0 Å². The van der Waals surface area contributed by atoms with Crippen LogP contribution in [0, 0.1) is 6.92 Å². The Bertz CT molecular complexity index is 1080. The lowest BCUT2D eigenvalue weighted by Gasteiger charge is -2.20. The first-order valence-corrected chi connectivity index (χ1v) is 10.4. The van der Waals surface area contributed by atoms with Crippen LogP contribution in [0.4, 0.5) is 11.4 Å². The molecule has 3 rings (SSSR count). The average Bonchev–Trinajstić information content (AvgIpc) is 2.94. The van der Waals surface area contributed by atoms with Gasteiger partial charge in [0, 0.05) is 56.8 Å². The summed E-state index contributed by atoms with van der Waals surface area (Å²) in [4.78, 5) is 20.2. The summed E-state index contributed by atoms with van der Waals surface area (Å²) in [6.45, 7) is 7.10. The molecule has 0 bridgehead atoms. The highest BCUT2D eigenvalue weighted by Crippen LogP contribution is 2.32. The number of aliphatic imine (C=N–C) groups is 1. The van der Waals surface area contributed by atoms with Crippen molar-refractivity contribution in [3.63, 3.8) is 0 Å². The largest absolute Gasteiger partial charge is 0.497 e. The third-order valence-corrected chi connectivity index (χ3v) is 5.22. The fourth-order valence-electron chi connectivity index (χ4n) is 3.50. The Morgan fingerprint density at radius 2 is 2.00 bits per heavy atom. The summed E-state index contributed by atoms with van der Waals surface area (Å²) in [7, 11) is 8.80. The van der Waals surface area contributed by atoms with Crippen LogP contribution >= 0.6 is 0 Å². The number of likely N-dealkylation sites (N-methyl/N-ethyl adjacent to an activating group) is 1. The van der Waals surface area contributed by atoms with Gasteiger partial charge < -0.3 is 24.7 Å². The summed E-state index contributed by atoms with van der Waals surface area (Å²) < 4.78 is 11.2. The number of fused-ring (bicyclic) bond motifs is 2. The first-order chi connectivity index (χ1) is 15.2. The summed E-state index contributed by atoms with van der Waals surface area (Å²) in [5.41, 5.74) is 12.0. The molecule has 0 fully saturated rings. The molecule has 1 aromatic carbocycles. The van der Waals surface area contributed by atoms with E-state index >= 15 is 0 Å². The number of hydrogen-bond donors (Lipinski definition) is 1. The average molecular weight is 439 g/mol. The lowest BCUT2D eigenvalue weighted by Crippen LogP contribution is -2.32. The van der Waals surface area contributed by atoms with E-state index in [1.54, 1.807) is 33.5 Å². The van der Waals surface area contributed by atoms with Gasteiger partial charge in [-0.2, -0.15) is 0 Å². The van der Waals surface area contributed by atoms with Crippen LogP contribution in [-0.2, 0) is 22.4 Å². The summed E-state index contributed by atoms with van der Waals surface area (Å²) >= 11 is 0. The minimum absolute atomic E-state index is 0.0241. The van der Waals surface area contributed by atoms with E-state index in [2.05, 4.69) is 21.2 Å². The van der Waals surface area contributed by atoms with Crippen LogP contribution in [0.1, 0.15) is 27.9 Å². The highest BCUT2D eigenvalue weighted by Gasteiger charge is 2.21. The van der Waals surface area contributed by atoms with Crippen molar-refractivity contribution in [2.24, 2.45) is 4.99 Å². The number of methoxy groups -OCH3 is 2. The normalized spacial score (nSPS) is 12.1. The van der Waals surface area contributed by atoms with Crippen LogP contribution in [0.15, 0.2) is 46.4 Å². The minimum atomic E-state index is -0.0241. The zero-order valence-corrected chi connectivity index (χ0v) is 19.9. The lowest BCUT2D eigenvalue weighted by atomic mass is 9.98. The SMILES string of the molecule is C=C(/C=C\c1c(C)c2c(n(CCN(C)C)c1=O)Cc1cccc(N)c1N=C2)OC.COC. The van der Waals surface area contributed by atoms with E-state index in [1.165, 1.54) is 0 Å². The second-order valence-electron chi connectivity index (χ2n) is 7.86. The maximum absolute atomic E-state index is 13.4. The van der Waals surface area contributed by atoms with E-state index in [0.29, 0.717) is 30.0 Å². The molecule has 172 valence electrons. The Balaban J connectivity index is 0.00000114. The Morgan fingerprint density at radius 1 is 1.31 bits per heavy atom. The Labute approximate surface area is 190 Å². The third-order valence-electron chi connectivity index (χ3n) is 5.22. The number of ether oxygens (including phenoxy) is 2. The fraction of sp³-hybridized carbons (Fsp3) is 0.360. The molecular weight excluding hydrogens is 404 g/mol. The first kappa shape index (κ1) is 25.1. The minimum Gasteiger partial charge on any atom is -0.497 e. The van der Waals surface area contributed by atoms with Crippen LogP contribution in [0.2, 0.25) is 0 Å². The van der Waals surface area contributed by atoms with E-state index in [0.717, 1.165) is 34.6 Å². The van der Waals surface area contributed by atoms with Gasteiger partial charge in [-0.05, 0) is 50.4 Å². The second-order valence-corrected chi connectivity index (χ2v) is 7.86. The molecule has 2 heterocycles. The van der Waals surface area contributed by atoms with Crippen molar-refractivity contribution in [3.05, 3.63) is 74.9 Å². The van der Waals surface area contributed by atoms with Gasteiger partial charge in [0.25, 0.3) is 5.56 Å². The van der Waals surface area contributed by atoms with Gasteiger partial charge in [-0.15, -0.1) is 0 Å². The predicted octanol–water partition coefficient (Wildman–Crippen LogP) is 3.39. The van der Waals surface area contributed by atoms with Gasteiger partial charge in [0.1, 0.15) is 5.76 Å². The summed E-state index contributed by atoms with van der Waals surface area (Å²) in [6.07, 6.45) is 5.93. The summed E-state index contributed by atoms with van der Waals surface area (Å²) in [5, 5.41) is 0. The molecule has 0 radical (unpaired) electrons. The van der Waals surface area contributed by atoms with Gasteiger partial charge >= 0.3 is 0 Å². The Kier molecular flexibility index (Phi) is 8.99. The van der Waals surface area contributed by atoms with Crippen LogP contribution in [0.5, 0.6) is 0 Å². The highest BCUT2D eigenvalue weighted by atomic mass is 16.5. The molecule has 1 aliphatic rings. The molecule has 1 aromatic heterocycles. The molecule has 1 aliphatic heterocycles. The molecule has 0 saturated carbocycles. The maximum atomic E-state index is 13.4. The van der Waals surface area contributed by atoms with Crippen LogP contribution in [0.25, 0.3) is 6.08 Å². The number of pyridine rings is 1. The van der Waals surface area contributed by atoms with E-state index in [9.17, 15) is 4.79 Å². The van der Waals surface area contributed by atoms with Crippen molar-refractivity contribution in [3.8, 4) is 0 Å². The molecule has 0 unspecified atom stereocenters. The molecule has 2 N–H and O–H groups in total. The second kappa shape index (κ2) is 11.5. The number of nitrogens with two attached hydrogens (primary N) is 1. The van der Waals surface area contributed by atoms with Crippen molar-refractivity contribution >= 4 is 23.7 Å².